The third-order valence-electron chi connectivity index (χ3n) is 6.70. The summed E-state index contributed by atoms with van der Waals surface area (Å²) in [5.41, 5.74) is 3.16. The molecule has 0 saturated carbocycles. The van der Waals surface area contributed by atoms with Crippen LogP contribution < -0.4 is 9.62 Å². The Balaban J connectivity index is 2.01. The van der Waals surface area contributed by atoms with E-state index in [0.717, 1.165) is 27.4 Å². The van der Waals surface area contributed by atoms with Crippen molar-refractivity contribution in [3.05, 3.63) is 95.6 Å². The summed E-state index contributed by atoms with van der Waals surface area (Å²) in [6.07, 6.45) is 0.751. The molecule has 3 rings (SSSR count). The van der Waals surface area contributed by atoms with Gasteiger partial charge in [-0.3, -0.25) is 13.9 Å². The van der Waals surface area contributed by atoms with E-state index in [2.05, 4.69) is 5.32 Å². The van der Waals surface area contributed by atoms with Gasteiger partial charge in [0.05, 0.1) is 10.6 Å². The smallest absolute Gasteiger partial charge is 0.264 e. The number of rotatable bonds is 11. The van der Waals surface area contributed by atoms with Crippen LogP contribution in [0.1, 0.15) is 43.9 Å². The summed E-state index contributed by atoms with van der Waals surface area (Å²) >= 11 is 0. The Morgan fingerprint density at radius 3 is 2.08 bits per heavy atom. The van der Waals surface area contributed by atoms with E-state index in [1.54, 1.807) is 61.5 Å². The van der Waals surface area contributed by atoms with E-state index >= 15 is 0 Å². The van der Waals surface area contributed by atoms with E-state index in [4.69, 9.17) is 0 Å². The lowest BCUT2D eigenvalue weighted by Gasteiger charge is -2.32. The fourth-order valence-electron chi connectivity index (χ4n) is 3.98. The highest BCUT2D eigenvalue weighted by molar-refractivity contribution is 7.92. The minimum Gasteiger partial charge on any atom is -0.352 e. The number of hydrogen-bond acceptors (Lipinski definition) is 4. The van der Waals surface area contributed by atoms with Gasteiger partial charge in [0, 0.05) is 12.6 Å². The minimum atomic E-state index is -4.06. The molecule has 2 amide bonds. The molecule has 202 valence electrons. The van der Waals surface area contributed by atoms with Gasteiger partial charge in [0.15, 0.2) is 0 Å². The van der Waals surface area contributed by atoms with Crippen molar-refractivity contribution < 1.29 is 18.0 Å². The lowest BCUT2D eigenvalue weighted by atomic mass is 10.1. The number of hydrogen-bond donors (Lipinski definition) is 1. The number of nitrogens with zero attached hydrogens (tertiary/aromatic N) is 2. The van der Waals surface area contributed by atoms with Gasteiger partial charge in [-0.05, 0) is 69.5 Å². The fourth-order valence-corrected chi connectivity index (χ4v) is 5.39. The molecular formula is C30H37N3O4S. The van der Waals surface area contributed by atoms with E-state index in [1.165, 1.54) is 4.90 Å². The molecule has 3 aromatic carbocycles. The summed E-state index contributed by atoms with van der Waals surface area (Å²) in [7, 11) is -4.06. The second-order valence-electron chi connectivity index (χ2n) is 9.60. The third-order valence-corrected chi connectivity index (χ3v) is 8.49. The molecule has 7 nitrogen and oxygen atoms in total. The van der Waals surface area contributed by atoms with E-state index in [-0.39, 0.29) is 23.4 Å². The van der Waals surface area contributed by atoms with Crippen molar-refractivity contribution in [2.45, 2.75) is 64.6 Å². The first kappa shape index (κ1) is 28.9. The van der Waals surface area contributed by atoms with Crippen LogP contribution in [-0.4, -0.2) is 43.8 Å². The second kappa shape index (κ2) is 12.7. The van der Waals surface area contributed by atoms with Gasteiger partial charge in [-0.25, -0.2) is 8.42 Å². The number of carbonyl (C=O) groups is 2. The maximum absolute atomic E-state index is 13.9. The topological polar surface area (TPSA) is 86.8 Å². The normalized spacial score (nSPS) is 12.9. The summed E-state index contributed by atoms with van der Waals surface area (Å²) in [5, 5.41) is 2.95. The van der Waals surface area contributed by atoms with E-state index in [1.807, 2.05) is 52.0 Å². The van der Waals surface area contributed by atoms with Crippen molar-refractivity contribution >= 4 is 27.5 Å². The maximum atomic E-state index is 13.9. The molecule has 0 fully saturated rings. The summed E-state index contributed by atoms with van der Waals surface area (Å²) in [6, 6.07) is 21.9. The van der Waals surface area contributed by atoms with Gasteiger partial charge in [0.25, 0.3) is 10.0 Å². The van der Waals surface area contributed by atoms with Crippen LogP contribution in [0.3, 0.4) is 0 Å². The number of aryl methyl sites for hydroxylation is 2. The zero-order valence-electron chi connectivity index (χ0n) is 22.7. The average Bonchev–Trinajstić information content (AvgIpc) is 2.91. The van der Waals surface area contributed by atoms with Crippen LogP contribution in [0.25, 0.3) is 0 Å². The number of nitrogens with one attached hydrogen (secondary N) is 1. The number of benzene rings is 3. The Labute approximate surface area is 226 Å². The zero-order chi connectivity index (χ0) is 27.9. The first-order chi connectivity index (χ1) is 18.0. The number of anilines is 1. The quantitative estimate of drug-likeness (QED) is 0.381. The Bertz CT molecular complexity index is 1340. The minimum absolute atomic E-state index is 0.0527. The van der Waals surface area contributed by atoms with Gasteiger partial charge < -0.3 is 10.2 Å². The van der Waals surface area contributed by atoms with Crippen LogP contribution in [0.15, 0.2) is 83.8 Å². The van der Waals surface area contributed by atoms with Crippen molar-refractivity contribution in [3.63, 3.8) is 0 Å². The van der Waals surface area contributed by atoms with Gasteiger partial charge in [0.2, 0.25) is 11.8 Å². The van der Waals surface area contributed by atoms with Crippen LogP contribution in [0.5, 0.6) is 0 Å². The number of sulfonamides is 1. The fraction of sp³-hybridized carbons (Fsp3) is 0.333. The van der Waals surface area contributed by atoms with E-state index in [9.17, 15) is 18.0 Å². The molecule has 0 aliphatic carbocycles. The van der Waals surface area contributed by atoms with Gasteiger partial charge in [-0.1, -0.05) is 67.1 Å². The summed E-state index contributed by atoms with van der Waals surface area (Å²) in [6.45, 7) is 9.10. The largest absolute Gasteiger partial charge is 0.352 e. The molecule has 0 saturated heterocycles. The third kappa shape index (κ3) is 7.01. The Morgan fingerprint density at radius 1 is 0.868 bits per heavy atom. The maximum Gasteiger partial charge on any atom is 0.264 e. The summed E-state index contributed by atoms with van der Waals surface area (Å²) in [4.78, 5) is 28.6. The predicted molar refractivity (Wildman–Crippen MR) is 151 cm³/mol. The lowest BCUT2D eigenvalue weighted by Crippen LogP contribution is -2.52. The number of para-hydroxylation sites is 1. The standard InChI is InChI=1S/C30H37N3O4S/c1-6-24(4)31-30(35)25(5)32(20-26-13-11-10-12-23(26)3)29(34)21-33(27-14-8-7-9-15-27)38(36,37)28-18-16-22(2)17-19-28/h7-19,24-25H,6,20-21H2,1-5H3,(H,31,35)/t24-,25+/m1/s1. The number of carbonyl (C=O) groups excluding carboxylic acids is 2. The first-order valence-corrected chi connectivity index (χ1v) is 14.3. The summed E-state index contributed by atoms with van der Waals surface area (Å²) in [5.74, 6) is -0.756. The highest BCUT2D eigenvalue weighted by Gasteiger charge is 2.32. The first-order valence-electron chi connectivity index (χ1n) is 12.8. The molecule has 2 atom stereocenters. The molecule has 0 unspecified atom stereocenters. The van der Waals surface area contributed by atoms with Crippen LogP contribution in [0.4, 0.5) is 5.69 Å². The Kier molecular flexibility index (Phi) is 9.69. The molecule has 0 aliphatic heterocycles. The van der Waals surface area contributed by atoms with Crippen molar-refractivity contribution in [2.75, 3.05) is 10.8 Å². The molecular weight excluding hydrogens is 498 g/mol. The van der Waals surface area contributed by atoms with Crippen molar-refractivity contribution in [2.24, 2.45) is 0 Å². The van der Waals surface area contributed by atoms with Gasteiger partial charge >= 0.3 is 0 Å². The molecule has 38 heavy (non-hydrogen) atoms. The van der Waals surface area contributed by atoms with Crippen LogP contribution in [0, 0.1) is 13.8 Å². The molecule has 8 heteroatoms. The van der Waals surface area contributed by atoms with Crippen LogP contribution >= 0.6 is 0 Å². The second-order valence-corrected chi connectivity index (χ2v) is 11.5. The Morgan fingerprint density at radius 2 is 1.47 bits per heavy atom. The molecule has 0 bridgehead atoms. The predicted octanol–water partition coefficient (Wildman–Crippen LogP) is 4.83. The van der Waals surface area contributed by atoms with Gasteiger partial charge in [-0.2, -0.15) is 0 Å². The molecule has 0 radical (unpaired) electrons. The Hall–Kier alpha value is -3.65. The summed E-state index contributed by atoms with van der Waals surface area (Å²) < 4.78 is 28.7. The van der Waals surface area contributed by atoms with Crippen molar-refractivity contribution in [3.8, 4) is 0 Å². The molecule has 0 spiro atoms. The average molecular weight is 536 g/mol. The molecule has 0 aromatic heterocycles. The van der Waals surface area contributed by atoms with Gasteiger partial charge in [-0.15, -0.1) is 0 Å². The molecule has 3 aromatic rings. The monoisotopic (exact) mass is 535 g/mol. The molecule has 0 heterocycles. The van der Waals surface area contributed by atoms with Crippen LogP contribution in [-0.2, 0) is 26.2 Å². The van der Waals surface area contributed by atoms with E-state index in [0.29, 0.717) is 5.69 Å². The van der Waals surface area contributed by atoms with E-state index < -0.39 is 28.5 Å². The molecule has 0 aliphatic rings. The van der Waals surface area contributed by atoms with Gasteiger partial charge in [0.1, 0.15) is 12.6 Å². The highest BCUT2D eigenvalue weighted by atomic mass is 32.2. The lowest BCUT2D eigenvalue weighted by molar-refractivity contribution is -0.139. The zero-order valence-corrected chi connectivity index (χ0v) is 23.5. The van der Waals surface area contributed by atoms with Crippen LogP contribution in [0.2, 0.25) is 0 Å². The van der Waals surface area contributed by atoms with Crippen molar-refractivity contribution in [1.29, 1.82) is 0 Å². The van der Waals surface area contributed by atoms with Crippen molar-refractivity contribution in [1.82, 2.24) is 10.2 Å². The highest BCUT2D eigenvalue weighted by Crippen LogP contribution is 2.25. The SMILES string of the molecule is CC[C@@H](C)NC(=O)[C@H](C)N(Cc1ccccc1C)C(=O)CN(c1ccccc1)S(=O)(=O)c1ccc(C)cc1. The number of amides is 2. The molecule has 1 N–H and O–H groups in total.